The van der Waals surface area contributed by atoms with E-state index in [2.05, 4.69) is 12.2 Å². The van der Waals surface area contributed by atoms with Crippen molar-refractivity contribution in [2.75, 3.05) is 33.9 Å². The van der Waals surface area contributed by atoms with Gasteiger partial charge in [0.15, 0.2) is 0 Å². The maximum atomic E-state index is 12.5. The molecule has 0 radical (unpaired) electrons. The van der Waals surface area contributed by atoms with Crippen LogP contribution in [0, 0.1) is 0 Å². The van der Waals surface area contributed by atoms with Gasteiger partial charge in [-0.1, -0.05) is 0 Å². The topological polar surface area (TPSA) is 50.8 Å². The maximum absolute atomic E-state index is 12.5. The van der Waals surface area contributed by atoms with Gasteiger partial charge in [0.2, 0.25) is 0 Å². The molecular formula is C14H20N2O3. The van der Waals surface area contributed by atoms with Crippen LogP contribution in [0.3, 0.4) is 0 Å². The summed E-state index contributed by atoms with van der Waals surface area (Å²) in [6.07, 6.45) is 0. The molecule has 0 aliphatic carbocycles. The molecule has 1 fully saturated rings. The lowest BCUT2D eigenvalue weighted by Gasteiger charge is -2.32. The first-order valence-electron chi connectivity index (χ1n) is 6.40. The van der Waals surface area contributed by atoms with Gasteiger partial charge in [0.1, 0.15) is 11.5 Å². The molecule has 1 atom stereocenters. The molecule has 5 heteroatoms. The highest BCUT2D eigenvalue weighted by molar-refractivity contribution is 5.97. The van der Waals surface area contributed by atoms with Crippen LogP contribution in [0.15, 0.2) is 18.2 Å². The number of ether oxygens (including phenoxy) is 2. The fourth-order valence-electron chi connectivity index (χ4n) is 2.26. The Kier molecular flexibility index (Phi) is 4.27. The molecule has 1 saturated heterocycles. The number of carbonyl (C=O) groups excluding carboxylic acids is 1. The van der Waals surface area contributed by atoms with Gasteiger partial charge in [-0.25, -0.2) is 0 Å². The average Bonchev–Trinajstić information content (AvgIpc) is 2.45. The molecule has 19 heavy (non-hydrogen) atoms. The summed E-state index contributed by atoms with van der Waals surface area (Å²) in [5.41, 5.74) is 0.581. The first-order valence-corrected chi connectivity index (χ1v) is 6.40. The number of hydrogen-bond acceptors (Lipinski definition) is 4. The van der Waals surface area contributed by atoms with Gasteiger partial charge in [-0.15, -0.1) is 0 Å². The normalized spacial score (nSPS) is 19.1. The summed E-state index contributed by atoms with van der Waals surface area (Å²) in [7, 11) is 3.15. The van der Waals surface area contributed by atoms with Crippen molar-refractivity contribution in [2.24, 2.45) is 0 Å². The highest BCUT2D eigenvalue weighted by Crippen LogP contribution is 2.26. The Morgan fingerprint density at radius 3 is 2.79 bits per heavy atom. The Balaban J connectivity index is 2.22. The van der Waals surface area contributed by atoms with E-state index in [0.29, 0.717) is 29.6 Å². The molecule has 0 spiro atoms. The zero-order valence-corrected chi connectivity index (χ0v) is 11.6. The molecular weight excluding hydrogens is 244 g/mol. The number of methoxy groups -OCH3 is 2. The molecule has 1 aliphatic rings. The molecule has 1 aromatic rings. The second-order valence-corrected chi connectivity index (χ2v) is 4.67. The van der Waals surface area contributed by atoms with Crippen molar-refractivity contribution in [1.29, 1.82) is 0 Å². The quantitative estimate of drug-likeness (QED) is 0.889. The summed E-state index contributed by atoms with van der Waals surface area (Å²) in [5.74, 6) is 1.24. The summed E-state index contributed by atoms with van der Waals surface area (Å²) < 4.78 is 10.4. The Labute approximate surface area is 113 Å². The lowest BCUT2D eigenvalue weighted by molar-refractivity contribution is 0.0705. The van der Waals surface area contributed by atoms with Crippen LogP contribution in [-0.2, 0) is 0 Å². The van der Waals surface area contributed by atoms with E-state index in [1.54, 1.807) is 32.4 Å². The molecule has 1 heterocycles. The van der Waals surface area contributed by atoms with Crippen LogP contribution in [0.5, 0.6) is 11.5 Å². The molecule has 5 nitrogen and oxygen atoms in total. The Hall–Kier alpha value is -1.75. The number of piperazine rings is 1. The van der Waals surface area contributed by atoms with Crippen LogP contribution < -0.4 is 14.8 Å². The van der Waals surface area contributed by atoms with Crippen molar-refractivity contribution in [3.05, 3.63) is 23.8 Å². The molecule has 1 N–H and O–H groups in total. The fraction of sp³-hybridized carbons (Fsp3) is 0.500. The van der Waals surface area contributed by atoms with E-state index in [9.17, 15) is 4.79 Å². The fourth-order valence-corrected chi connectivity index (χ4v) is 2.26. The van der Waals surface area contributed by atoms with Gasteiger partial charge in [-0.05, 0) is 19.1 Å². The number of benzene rings is 1. The van der Waals surface area contributed by atoms with Crippen molar-refractivity contribution in [3.8, 4) is 11.5 Å². The van der Waals surface area contributed by atoms with Gasteiger partial charge < -0.3 is 19.7 Å². The lowest BCUT2D eigenvalue weighted by atomic mass is 10.1. The Bertz CT molecular complexity index is 462. The zero-order chi connectivity index (χ0) is 13.8. The second kappa shape index (κ2) is 5.93. The molecule has 0 aromatic heterocycles. The third kappa shape index (κ3) is 2.98. The minimum Gasteiger partial charge on any atom is -0.497 e. The van der Waals surface area contributed by atoms with Crippen LogP contribution in [0.4, 0.5) is 0 Å². The summed E-state index contributed by atoms with van der Waals surface area (Å²) in [4.78, 5) is 14.4. The van der Waals surface area contributed by atoms with E-state index in [0.717, 1.165) is 13.1 Å². The minimum absolute atomic E-state index is 0.00727. The van der Waals surface area contributed by atoms with E-state index in [-0.39, 0.29) is 5.91 Å². The Morgan fingerprint density at radius 1 is 1.37 bits per heavy atom. The van der Waals surface area contributed by atoms with E-state index in [1.165, 1.54) is 0 Å². The summed E-state index contributed by atoms with van der Waals surface area (Å²) >= 11 is 0. The number of amides is 1. The van der Waals surface area contributed by atoms with Crippen LogP contribution in [0.2, 0.25) is 0 Å². The monoisotopic (exact) mass is 264 g/mol. The standard InChI is InChI=1S/C14H20N2O3/c1-10-9-16(7-6-15-10)14(17)12-5-4-11(18-2)8-13(12)19-3/h4-5,8,10,15H,6-7,9H2,1-3H3/t10-/m1/s1. The number of nitrogens with zero attached hydrogens (tertiary/aromatic N) is 1. The van der Waals surface area contributed by atoms with E-state index < -0.39 is 0 Å². The largest absolute Gasteiger partial charge is 0.497 e. The highest BCUT2D eigenvalue weighted by atomic mass is 16.5. The molecule has 2 rings (SSSR count). The third-order valence-corrected chi connectivity index (χ3v) is 3.30. The zero-order valence-electron chi connectivity index (χ0n) is 11.6. The SMILES string of the molecule is COc1ccc(C(=O)N2CCN[C@H](C)C2)c(OC)c1. The minimum atomic E-state index is 0.00727. The summed E-state index contributed by atoms with van der Waals surface area (Å²) in [5, 5.41) is 3.32. The van der Waals surface area contributed by atoms with Crippen LogP contribution >= 0.6 is 0 Å². The van der Waals surface area contributed by atoms with E-state index in [4.69, 9.17) is 9.47 Å². The average molecular weight is 264 g/mol. The second-order valence-electron chi connectivity index (χ2n) is 4.67. The van der Waals surface area contributed by atoms with Crippen molar-refractivity contribution in [3.63, 3.8) is 0 Å². The van der Waals surface area contributed by atoms with Crippen LogP contribution in [-0.4, -0.2) is 50.7 Å². The van der Waals surface area contributed by atoms with Crippen molar-refractivity contribution < 1.29 is 14.3 Å². The van der Waals surface area contributed by atoms with Gasteiger partial charge in [0.25, 0.3) is 5.91 Å². The highest BCUT2D eigenvalue weighted by Gasteiger charge is 2.24. The van der Waals surface area contributed by atoms with Gasteiger partial charge in [-0.2, -0.15) is 0 Å². The molecule has 1 aliphatic heterocycles. The van der Waals surface area contributed by atoms with Crippen molar-refractivity contribution >= 4 is 5.91 Å². The van der Waals surface area contributed by atoms with Crippen LogP contribution in [0.25, 0.3) is 0 Å². The summed E-state index contributed by atoms with van der Waals surface area (Å²) in [6, 6.07) is 5.59. The van der Waals surface area contributed by atoms with Crippen molar-refractivity contribution in [2.45, 2.75) is 13.0 Å². The molecule has 0 bridgehead atoms. The smallest absolute Gasteiger partial charge is 0.257 e. The predicted molar refractivity (Wildman–Crippen MR) is 72.9 cm³/mol. The van der Waals surface area contributed by atoms with Gasteiger partial charge >= 0.3 is 0 Å². The van der Waals surface area contributed by atoms with Gasteiger partial charge in [-0.3, -0.25) is 4.79 Å². The molecule has 1 aromatic carbocycles. The number of carbonyl (C=O) groups is 1. The third-order valence-electron chi connectivity index (χ3n) is 3.30. The van der Waals surface area contributed by atoms with E-state index in [1.807, 2.05) is 4.90 Å². The first-order chi connectivity index (χ1) is 9.15. The van der Waals surface area contributed by atoms with Crippen molar-refractivity contribution in [1.82, 2.24) is 10.2 Å². The van der Waals surface area contributed by atoms with Crippen LogP contribution in [0.1, 0.15) is 17.3 Å². The maximum Gasteiger partial charge on any atom is 0.257 e. The van der Waals surface area contributed by atoms with E-state index >= 15 is 0 Å². The predicted octanol–water partition coefficient (Wildman–Crippen LogP) is 1.14. The molecule has 1 amide bonds. The number of nitrogens with one attached hydrogen (secondary N) is 1. The lowest BCUT2D eigenvalue weighted by Crippen LogP contribution is -2.51. The summed E-state index contributed by atoms with van der Waals surface area (Å²) in [6.45, 7) is 4.34. The Morgan fingerprint density at radius 2 is 2.16 bits per heavy atom. The molecule has 104 valence electrons. The number of hydrogen-bond donors (Lipinski definition) is 1. The first kappa shape index (κ1) is 13.7. The molecule has 0 unspecified atom stereocenters. The van der Waals surface area contributed by atoms with Gasteiger partial charge in [0.05, 0.1) is 19.8 Å². The van der Waals surface area contributed by atoms with Gasteiger partial charge in [0, 0.05) is 31.7 Å². The molecule has 0 saturated carbocycles. The number of rotatable bonds is 3.